The van der Waals surface area contributed by atoms with Crippen LogP contribution in [0.1, 0.15) is 45.7 Å². The van der Waals surface area contributed by atoms with Crippen LogP contribution in [0.4, 0.5) is 0 Å². The average Bonchev–Trinajstić information content (AvgIpc) is 2.69. The Morgan fingerprint density at radius 3 is 1.55 bits per heavy atom. The highest BCUT2D eigenvalue weighted by molar-refractivity contribution is 5.89. The molecule has 6 heteroatoms. The minimum atomic E-state index is -1.09. The van der Waals surface area contributed by atoms with E-state index in [-0.39, 0.29) is 24.3 Å². The summed E-state index contributed by atoms with van der Waals surface area (Å²) in [5.74, 6) is 3.17. The normalized spacial score (nSPS) is 10.5. The Labute approximate surface area is 169 Å². The zero-order valence-electron chi connectivity index (χ0n) is 16.1. The van der Waals surface area contributed by atoms with Crippen molar-refractivity contribution < 1.29 is 29.3 Å². The molecule has 0 radical (unpaired) electrons. The monoisotopic (exact) mass is 392 g/mol. The molecular formula is C23H20O6. The molecule has 0 saturated carbocycles. The quantitative estimate of drug-likeness (QED) is 0.669. The van der Waals surface area contributed by atoms with Crippen LogP contribution in [0.5, 0.6) is 11.5 Å². The lowest BCUT2D eigenvalue weighted by Crippen LogP contribution is -2.22. The second kappa shape index (κ2) is 8.86. The fourth-order valence-corrected chi connectivity index (χ4v) is 2.97. The molecule has 0 amide bonds. The molecule has 0 aliphatic heterocycles. The van der Waals surface area contributed by atoms with Crippen molar-refractivity contribution >= 4 is 11.9 Å². The van der Waals surface area contributed by atoms with Crippen LogP contribution in [0.25, 0.3) is 0 Å². The third-order valence-corrected chi connectivity index (χ3v) is 4.43. The van der Waals surface area contributed by atoms with E-state index in [2.05, 4.69) is 11.8 Å². The van der Waals surface area contributed by atoms with Crippen molar-refractivity contribution in [3.8, 4) is 36.2 Å². The molecule has 148 valence electrons. The molecule has 29 heavy (non-hydrogen) atoms. The summed E-state index contributed by atoms with van der Waals surface area (Å²) >= 11 is 0. The number of carboxylic acid groups (broad SMARTS) is 2. The minimum Gasteiger partial charge on any atom is -0.481 e. The maximum absolute atomic E-state index is 11.3. The van der Waals surface area contributed by atoms with E-state index in [1.165, 1.54) is 24.3 Å². The van der Waals surface area contributed by atoms with Crippen molar-refractivity contribution in [2.45, 2.75) is 19.3 Å². The lowest BCUT2D eigenvalue weighted by atomic mass is 9.76. The predicted octanol–water partition coefficient (Wildman–Crippen LogP) is 3.43. The van der Waals surface area contributed by atoms with Crippen molar-refractivity contribution in [3.05, 3.63) is 58.7 Å². The number of hydrogen-bond donors (Lipinski definition) is 2. The fourth-order valence-electron chi connectivity index (χ4n) is 2.97. The molecule has 6 nitrogen and oxygen atoms in total. The summed E-state index contributed by atoms with van der Waals surface area (Å²) in [5.41, 5.74) is 0.683. The van der Waals surface area contributed by atoms with Gasteiger partial charge in [-0.2, -0.15) is 0 Å². The highest BCUT2D eigenvalue weighted by Gasteiger charge is 2.31. The molecule has 0 aromatic heterocycles. The molecule has 0 heterocycles. The van der Waals surface area contributed by atoms with Crippen LogP contribution in [0.15, 0.2) is 36.4 Å². The smallest absolute Gasteiger partial charge is 0.335 e. The minimum absolute atomic E-state index is 0.0371. The summed E-state index contributed by atoms with van der Waals surface area (Å²) in [6, 6.07) is 9.04. The highest BCUT2D eigenvalue weighted by atomic mass is 16.5. The topological polar surface area (TPSA) is 93.1 Å². The maximum atomic E-state index is 11.3. The lowest BCUT2D eigenvalue weighted by Gasteiger charge is -2.30. The van der Waals surface area contributed by atoms with E-state index >= 15 is 0 Å². The Bertz CT molecular complexity index is 939. The van der Waals surface area contributed by atoms with Crippen LogP contribution in [0.3, 0.4) is 0 Å². The molecule has 0 bridgehead atoms. The zero-order valence-corrected chi connectivity index (χ0v) is 16.1. The SMILES string of the molecule is C#CCOc1cc(C(=O)O)ccc1C(C)(C)c1ccc(C(=O)O)cc1OCC#C. The van der Waals surface area contributed by atoms with E-state index in [9.17, 15) is 19.8 Å². The third kappa shape index (κ3) is 4.69. The number of hydrogen-bond acceptors (Lipinski definition) is 4. The van der Waals surface area contributed by atoms with Crippen LogP contribution in [-0.4, -0.2) is 35.4 Å². The second-order valence-electron chi connectivity index (χ2n) is 6.64. The van der Waals surface area contributed by atoms with Crippen LogP contribution < -0.4 is 9.47 Å². The van der Waals surface area contributed by atoms with Crippen LogP contribution in [0.2, 0.25) is 0 Å². The van der Waals surface area contributed by atoms with Crippen LogP contribution in [-0.2, 0) is 5.41 Å². The van der Waals surface area contributed by atoms with E-state index in [1.807, 2.05) is 13.8 Å². The molecule has 0 atom stereocenters. The van der Waals surface area contributed by atoms with Crippen molar-refractivity contribution in [2.24, 2.45) is 0 Å². The van der Waals surface area contributed by atoms with Gasteiger partial charge in [0.05, 0.1) is 11.1 Å². The Hall–Kier alpha value is -3.90. The largest absolute Gasteiger partial charge is 0.481 e. The van der Waals surface area contributed by atoms with E-state index < -0.39 is 17.4 Å². The van der Waals surface area contributed by atoms with E-state index in [4.69, 9.17) is 22.3 Å². The van der Waals surface area contributed by atoms with Gasteiger partial charge in [0.15, 0.2) is 0 Å². The molecule has 0 unspecified atom stereocenters. The molecular weight excluding hydrogens is 372 g/mol. The van der Waals surface area contributed by atoms with E-state index in [0.717, 1.165) is 0 Å². The van der Waals surface area contributed by atoms with Gasteiger partial charge >= 0.3 is 11.9 Å². The molecule has 0 aliphatic carbocycles. The first-order valence-corrected chi connectivity index (χ1v) is 8.60. The molecule has 0 saturated heterocycles. The zero-order chi connectivity index (χ0) is 21.6. The molecule has 0 fully saturated rings. The number of aromatic carboxylic acids is 2. The van der Waals surface area contributed by atoms with Gasteiger partial charge in [0.25, 0.3) is 0 Å². The number of rotatable bonds is 8. The van der Waals surface area contributed by atoms with Gasteiger partial charge in [-0.1, -0.05) is 37.8 Å². The first-order valence-electron chi connectivity index (χ1n) is 8.60. The Morgan fingerprint density at radius 2 is 1.24 bits per heavy atom. The third-order valence-electron chi connectivity index (χ3n) is 4.43. The summed E-state index contributed by atoms with van der Waals surface area (Å²) in [6.45, 7) is 3.68. The number of benzene rings is 2. The standard InChI is InChI=1S/C23H20O6/c1-5-11-28-19-13-15(21(24)25)7-9-17(19)23(3,4)18-10-8-16(22(26)27)14-20(18)29-12-6-2/h1-2,7-10,13-14H,11-12H2,3-4H3,(H,24,25)(H,26,27). The molecule has 2 N–H and O–H groups in total. The number of ether oxygens (including phenoxy) is 2. The Balaban J connectivity index is 2.65. The van der Waals surface area contributed by atoms with E-state index in [0.29, 0.717) is 22.6 Å². The van der Waals surface area contributed by atoms with Crippen molar-refractivity contribution in [1.29, 1.82) is 0 Å². The first kappa shape index (κ1) is 21.4. The van der Waals surface area contributed by atoms with E-state index in [1.54, 1.807) is 12.1 Å². The fraction of sp³-hybridized carbons (Fsp3) is 0.217. The number of carbonyl (C=O) groups is 2. The van der Waals surface area contributed by atoms with Crippen LogP contribution >= 0.6 is 0 Å². The van der Waals surface area contributed by atoms with Gasteiger partial charge in [-0.25, -0.2) is 9.59 Å². The van der Waals surface area contributed by atoms with Crippen molar-refractivity contribution in [1.82, 2.24) is 0 Å². The maximum Gasteiger partial charge on any atom is 0.335 e. The average molecular weight is 392 g/mol. The summed E-state index contributed by atoms with van der Waals surface area (Å²) in [6.07, 6.45) is 10.6. The molecule has 2 rings (SSSR count). The van der Waals surface area contributed by atoms with Gasteiger partial charge in [0.2, 0.25) is 0 Å². The summed E-state index contributed by atoms with van der Waals surface area (Å²) in [5, 5.41) is 18.6. The summed E-state index contributed by atoms with van der Waals surface area (Å²) < 4.78 is 11.2. The molecule has 0 spiro atoms. The predicted molar refractivity (Wildman–Crippen MR) is 108 cm³/mol. The highest BCUT2D eigenvalue weighted by Crippen LogP contribution is 2.42. The van der Waals surface area contributed by atoms with Gasteiger partial charge in [-0.15, -0.1) is 12.8 Å². The van der Waals surface area contributed by atoms with Crippen molar-refractivity contribution in [3.63, 3.8) is 0 Å². The molecule has 0 aliphatic rings. The van der Waals surface area contributed by atoms with Gasteiger partial charge in [0, 0.05) is 16.5 Å². The van der Waals surface area contributed by atoms with Crippen LogP contribution in [0, 0.1) is 24.7 Å². The second-order valence-corrected chi connectivity index (χ2v) is 6.64. The van der Waals surface area contributed by atoms with Crippen molar-refractivity contribution in [2.75, 3.05) is 13.2 Å². The molecule has 2 aromatic carbocycles. The number of terminal acetylenes is 2. The first-order chi connectivity index (χ1) is 13.7. The number of carboxylic acids is 2. The summed E-state index contributed by atoms with van der Waals surface area (Å²) in [7, 11) is 0. The molecule has 2 aromatic rings. The Kier molecular flexibility index (Phi) is 6.54. The van der Waals surface area contributed by atoms with Gasteiger partial charge in [0.1, 0.15) is 24.7 Å². The van der Waals surface area contributed by atoms with Gasteiger partial charge < -0.3 is 19.7 Å². The van der Waals surface area contributed by atoms with Gasteiger partial charge in [-0.05, 0) is 24.3 Å². The summed E-state index contributed by atoms with van der Waals surface area (Å²) in [4.78, 5) is 22.7. The Morgan fingerprint density at radius 1 is 0.862 bits per heavy atom. The lowest BCUT2D eigenvalue weighted by molar-refractivity contribution is 0.0685. The van der Waals surface area contributed by atoms with Gasteiger partial charge in [-0.3, -0.25) is 0 Å².